The second-order valence-corrected chi connectivity index (χ2v) is 6.14. The van der Waals surface area contributed by atoms with E-state index in [4.69, 9.17) is 18.5 Å². The lowest BCUT2D eigenvalue weighted by Crippen LogP contribution is -2.48. The number of hydrazine groups is 1. The monoisotopic (exact) mass is 385 g/mol. The molecule has 28 heavy (non-hydrogen) atoms. The molecule has 3 aromatic heterocycles. The summed E-state index contributed by atoms with van der Waals surface area (Å²) in [6.45, 7) is 4.32. The van der Waals surface area contributed by atoms with Crippen LogP contribution < -0.4 is 10.2 Å². The third kappa shape index (κ3) is 4.02. The van der Waals surface area contributed by atoms with Gasteiger partial charge in [-0.3, -0.25) is 15.2 Å². The average Bonchev–Trinajstić information content (AvgIpc) is 3.34. The SMILES string of the molecule is Cc1onc(-c2ccccn2)c1COc1cc(C(=O)NN2CCOCC2)on1. The fraction of sp³-hybridized carbons (Fsp3) is 0.333. The number of rotatable bonds is 6. The molecule has 3 aromatic rings. The number of aryl methyl sites for hydroxylation is 1. The van der Waals surface area contributed by atoms with E-state index in [1.165, 1.54) is 6.07 Å². The zero-order valence-electron chi connectivity index (χ0n) is 15.3. The third-order valence-electron chi connectivity index (χ3n) is 4.24. The molecule has 0 radical (unpaired) electrons. The molecule has 0 unspecified atom stereocenters. The summed E-state index contributed by atoms with van der Waals surface area (Å²) in [5.41, 5.74) is 4.79. The van der Waals surface area contributed by atoms with E-state index in [0.717, 1.165) is 5.56 Å². The van der Waals surface area contributed by atoms with Crippen molar-refractivity contribution >= 4 is 5.91 Å². The number of carbonyl (C=O) groups is 1. The van der Waals surface area contributed by atoms with E-state index < -0.39 is 0 Å². The molecule has 1 aliphatic rings. The van der Waals surface area contributed by atoms with Crippen LogP contribution in [0.1, 0.15) is 21.9 Å². The van der Waals surface area contributed by atoms with E-state index in [-0.39, 0.29) is 24.2 Å². The Labute approximate surface area is 160 Å². The highest BCUT2D eigenvalue weighted by Gasteiger charge is 2.20. The van der Waals surface area contributed by atoms with Gasteiger partial charge in [0.05, 0.1) is 30.5 Å². The second kappa shape index (κ2) is 8.19. The van der Waals surface area contributed by atoms with Gasteiger partial charge in [-0.15, -0.1) is 0 Å². The van der Waals surface area contributed by atoms with Crippen molar-refractivity contribution in [2.24, 2.45) is 0 Å². The maximum Gasteiger partial charge on any atom is 0.304 e. The Balaban J connectivity index is 1.40. The van der Waals surface area contributed by atoms with Gasteiger partial charge in [0.2, 0.25) is 5.76 Å². The van der Waals surface area contributed by atoms with Gasteiger partial charge < -0.3 is 18.5 Å². The number of ether oxygens (including phenoxy) is 2. The zero-order chi connectivity index (χ0) is 19.3. The fourth-order valence-corrected chi connectivity index (χ4v) is 2.72. The molecule has 1 aliphatic heterocycles. The number of pyridine rings is 1. The van der Waals surface area contributed by atoms with Crippen molar-refractivity contribution in [3.05, 3.63) is 47.5 Å². The van der Waals surface area contributed by atoms with Crippen molar-refractivity contribution in [1.82, 2.24) is 25.7 Å². The summed E-state index contributed by atoms with van der Waals surface area (Å²) in [6.07, 6.45) is 1.68. The molecule has 0 bridgehead atoms. The number of carbonyl (C=O) groups excluding carboxylic acids is 1. The third-order valence-corrected chi connectivity index (χ3v) is 4.24. The van der Waals surface area contributed by atoms with Gasteiger partial charge in [0.15, 0.2) is 0 Å². The molecule has 1 fully saturated rings. The lowest BCUT2D eigenvalue weighted by atomic mass is 10.1. The van der Waals surface area contributed by atoms with Crippen LogP contribution in [0.3, 0.4) is 0 Å². The van der Waals surface area contributed by atoms with Crippen molar-refractivity contribution in [3.63, 3.8) is 0 Å². The standard InChI is InChI=1S/C18H19N5O5/c1-12-13(17(22-27-12)14-4-2-3-5-19-14)11-26-16-10-15(28-21-16)18(24)20-23-6-8-25-9-7-23/h2-5,10H,6-9,11H2,1H3,(H,20,24). The summed E-state index contributed by atoms with van der Waals surface area (Å²) >= 11 is 0. The van der Waals surface area contributed by atoms with Crippen LogP contribution in [-0.2, 0) is 11.3 Å². The summed E-state index contributed by atoms with van der Waals surface area (Å²) < 4.78 is 21.3. The van der Waals surface area contributed by atoms with Crippen LogP contribution in [0.25, 0.3) is 11.4 Å². The lowest BCUT2D eigenvalue weighted by Gasteiger charge is -2.26. The molecule has 1 saturated heterocycles. The summed E-state index contributed by atoms with van der Waals surface area (Å²) in [7, 11) is 0. The van der Waals surface area contributed by atoms with E-state index in [9.17, 15) is 4.79 Å². The first-order valence-electron chi connectivity index (χ1n) is 8.80. The zero-order valence-corrected chi connectivity index (χ0v) is 15.3. The van der Waals surface area contributed by atoms with Gasteiger partial charge in [-0.05, 0) is 24.2 Å². The number of hydrogen-bond donors (Lipinski definition) is 1. The molecule has 1 N–H and O–H groups in total. The molecule has 0 atom stereocenters. The molecule has 0 aliphatic carbocycles. The Bertz CT molecular complexity index is 933. The molecule has 0 spiro atoms. The smallest absolute Gasteiger partial charge is 0.304 e. The Morgan fingerprint density at radius 1 is 1.25 bits per heavy atom. The predicted octanol–water partition coefficient (Wildman–Crippen LogP) is 1.59. The maximum absolute atomic E-state index is 12.2. The van der Waals surface area contributed by atoms with Crippen LogP contribution in [0.5, 0.6) is 5.88 Å². The van der Waals surface area contributed by atoms with Crippen molar-refractivity contribution in [3.8, 4) is 17.3 Å². The van der Waals surface area contributed by atoms with Gasteiger partial charge >= 0.3 is 5.91 Å². The first-order chi connectivity index (χ1) is 13.7. The summed E-state index contributed by atoms with van der Waals surface area (Å²) in [5, 5.41) is 9.62. The van der Waals surface area contributed by atoms with Crippen LogP contribution in [0.2, 0.25) is 0 Å². The minimum atomic E-state index is -0.389. The highest BCUT2D eigenvalue weighted by atomic mass is 16.5. The predicted molar refractivity (Wildman–Crippen MR) is 95.2 cm³/mol. The van der Waals surface area contributed by atoms with Crippen molar-refractivity contribution < 1.29 is 23.3 Å². The minimum absolute atomic E-state index is 0.0634. The molecular weight excluding hydrogens is 366 g/mol. The summed E-state index contributed by atoms with van der Waals surface area (Å²) in [5.74, 6) is 0.488. The van der Waals surface area contributed by atoms with Crippen LogP contribution in [0, 0.1) is 6.92 Å². The molecular formula is C18H19N5O5. The number of amides is 1. The largest absolute Gasteiger partial charge is 0.470 e. The van der Waals surface area contributed by atoms with Crippen LogP contribution >= 0.6 is 0 Å². The number of hydrogen-bond acceptors (Lipinski definition) is 9. The Hall–Kier alpha value is -3.24. The molecule has 1 amide bonds. The van der Waals surface area contributed by atoms with Crippen LogP contribution in [0.4, 0.5) is 0 Å². The van der Waals surface area contributed by atoms with Crippen LogP contribution in [0.15, 0.2) is 39.5 Å². The molecule has 0 aromatic carbocycles. The number of aromatic nitrogens is 3. The van der Waals surface area contributed by atoms with Crippen LogP contribution in [-0.4, -0.2) is 52.5 Å². The van der Waals surface area contributed by atoms with E-state index in [1.54, 1.807) is 18.1 Å². The quantitative estimate of drug-likeness (QED) is 0.675. The first-order valence-corrected chi connectivity index (χ1v) is 8.80. The molecule has 10 heteroatoms. The second-order valence-electron chi connectivity index (χ2n) is 6.14. The highest BCUT2D eigenvalue weighted by molar-refractivity contribution is 5.91. The van der Waals surface area contributed by atoms with E-state index in [1.807, 2.05) is 18.2 Å². The Morgan fingerprint density at radius 3 is 2.89 bits per heavy atom. The first kappa shape index (κ1) is 18.1. The van der Waals surface area contributed by atoms with Gasteiger partial charge in [-0.2, -0.15) is 0 Å². The molecule has 4 rings (SSSR count). The van der Waals surface area contributed by atoms with Crippen molar-refractivity contribution in [2.75, 3.05) is 26.3 Å². The van der Waals surface area contributed by atoms with Crippen molar-refractivity contribution in [1.29, 1.82) is 0 Å². The van der Waals surface area contributed by atoms with Gasteiger partial charge in [0, 0.05) is 19.3 Å². The Morgan fingerprint density at radius 2 is 2.11 bits per heavy atom. The van der Waals surface area contributed by atoms with Crippen molar-refractivity contribution in [2.45, 2.75) is 13.5 Å². The number of nitrogens with zero attached hydrogens (tertiary/aromatic N) is 4. The normalized spacial score (nSPS) is 14.8. The number of nitrogens with one attached hydrogen (secondary N) is 1. The fourth-order valence-electron chi connectivity index (χ4n) is 2.72. The topological polar surface area (TPSA) is 116 Å². The highest BCUT2D eigenvalue weighted by Crippen LogP contribution is 2.25. The molecule has 4 heterocycles. The summed E-state index contributed by atoms with van der Waals surface area (Å²) in [6, 6.07) is 6.98. The Kier molecular flexibility index (Phi) is 5.31. The lowest BCUT2D eigenvalue weighted by molar-refractivity contribution is 0.0116. The van der Waals surface area contributed by atoms with Gasteiger partial charge in [-0.1, -0.05) is 11.2 Å². The van der Waals surface area contributed by atoms with E-state index in [2.05, 4.69) is 20.7 Å². The maximum atomic E-state index is 12.2. The average molecular weight is 385 g/mol. The minimum Gasteiger partial charge on any atom is -0.470 e. The van der Waals surface area contributed by atoms with Gasteiger partial charge in [-0.25, -0.2) is 5.01 Å². The van der Waals surface area contributed by atoms with E-state index >= 15 is 0 Å². The number of morpholine rings is 1. The molecule has 10 nitrogen and oxygen atoms in total. The van der Waals surface area contributed by atoms with Gasteiger partial charge in [0.25, 0.3) is 5.88 Å². The summed E-state index contributed by atoms with van der Waals surface area (Å²) in [4.78, 5) is 16.5. The van der Waals surface area contributed by atoms with Gasteiger partial charge in [0.1, 0.15) is 18.1 Å². The molecule has 146 valence electrons. The van der Waals surface area contributed by atoms with E-state index in [0.29, 0.717) is 43.5 Å². The molecule has 0 saturated carbocycles.